The maximum atomic E-state index is 12.4. The Morgan fingerprint density at radius 3 is 2.52 bits per heavy atom. The molecule has 2 heterocycles. The fraction of sp³-hybridized carbons (Fsp3) is 0.0476. The fourth-order valence-corrected chi connectivity index (χ4v) is 3.10. The zero-order chi connectivity index (χ0) is 17.2. The van der Waals surface area contributed by atoms with Gasteiger partial charge in [0, 0.05) is 24.5 Å². The molecule has 4 heteroatoms. The van der Waals surface area contributed by atoms with E-state index in [1.807, 2.05) is 66.9 Å². The summed E-state index contributed by atoms with van der Waals surface area (Å²) in [5.41, 5.74) is 4.34. The highest BCUT2D eigenvalue weighted by atomic mass is 16.1. The minimum absolute atomic E-state index is 0.0528. The second-order valence-electron chi connectivity index (χ2n) is 5.87. The fourth-order valence-electron chi connectivity index (χ4n) is 3.10. The van der Waals surface area contributed by atoms with Gasteiger partial charge >= 0.3 is 0 Å². The Hall–Kier alpha value is -3.58. The standard InChI is InChI=1S/C21H15N3O/c22-14-16-5-4-6-17(13-16)15-23-12-11-20-19(23)9-10-21(25)24(20)18-7-2-1-3-8-18/h1-13H,15H2. The molecule has 0 aliphatic rings. The molecule has 2 aromatic carbocycles. The Balaban J connectivity index is 1.83. The molecule has 0 N–H and O–H groups in total. The molecule has 0 aliphatic carbocycles. The average Bonchev–Trinajstić information content (AvgIpc) is 3.05. The Kier molecular flexibility index (Phi) is 3.68. The van der Waals surface area contributed by atoms with Crippen molar-refractivity contribution in [1.29, 1.82) is 5.26 Å². The highest BCUT2D eigenvalue weighted by Gasteiger charge is 2.09. The second kappa shape index (κ2) is 6.14. The molecule has 120 valence electrons. The van der Waals surface area contributed by atoms with Crippen molar-refractivity contribution in [2.24, 2.45) is 0 Å². The molecule has 0 fully saturated rings. The van der Waals surface area contributed by atoms with E-state index in [2.05, 4.69) is 10.6 Å². The molecule has 0 bridgehead atoms. The molecule has 0 aliphatic heterocycles. The van der Waals surface area contributed by atoms with Crippen molar-refractivity contribution < 1.29 is 0 Å². The van der Waals surface area contributed by atoms with Gasteiger partial charge in [-0.2, -0.15) is 5.26 Å². The van der Waals surface area contributed by atoms with E-state index >= 15 is 0 Å². The number of para-hydroxylation sites is 1. The van der Waals surface area contributed by atoms with Crippen LogP contribution in [0.15, 0.2) is 83.8 Å². The number of rotatable bonds is 3. The molecule has 4 rings (SSSR count). The molecular weight excluding hydrogens is 310 g/mol. The summed E-state index contributed by atoms with van der Waals surface area (Å²) in [6, 6.07) is 24.8. The van der Waals surface area contributed by atoms with E-state index in [0.717, 1.165) is 22.3 Å². The molecule has 0 saturated carbocycles. The van der Waals surface area contributed by atoms with Crippen LogP contribution in [0, 0.1) is 11.3 Å². The first-order valence-electron chi connectivity index (χ1n) is 8.01. The molecule has 2 aromatic heterocycles. The van der Waals surface area contributed by atoms with Gasteiger partial charge in [-0.15, -0.1) is 0 Å². The SMILES string of the molecule is N#Cc1cccc(Cn2ccc3c2ccc(=O)n3-c2ccccc2)c1. The van der Waals surface area contributed by atoms with Crippen molar-refractivity contribution in [1.82, 2.24) is 9.13 Å². The summed E-state index contributed by atoms with van der Waals surface area (Å²) < 4.78 is 3.81. The summed E-state index contributed by atoms with van der Waals surface area (Å²) in [6.45, 7) is 0.645. The molecule has 4 aromatic rings. The maximum absolute atomic E-state index is 12.4. The van der Waals surface area contributed by atoms with Gasteiger partial charge in [0.2, 0.25) is 0 Å². The van der Waals surface area contributed by atoms with Gasteiger partial charge in [-0.05, 0) is 42.0 Å². The van der Waals surface area contributed by atoms with Gasteiger partial charge in [0.25, 0.3) is 5.56 Å². The number of fused-ring (bicyclic) bond motifs is 1. The smallest absolute Gasteiger partial charge is 0.255 e. The van der Waals surface area contributed by atoms with E-state index in [9.17, 15) is 4.79 Å². The van der Waals surface area contributed by atoms with Crippen molar-refractivity contribution in [2.45, 2.75) is 6.54 Å². The van der Waals surface area contributed by atoms with Crippen LogP contribution in [0.25, 0.3) is 16.7 Å². The molecule has 0 spiro atoms. The van der Waals surface area contributed by atoms with Crippen molar-refractivity contribution in [3.8, 4) is 11.8 Å². The number of aromatic nitrogens is 2. The lowest BCUT2D eigenvalue weighted by Gasteiger charge is -2.10. The zero-order valence-corrected chi connectivity index (χ0v) is 13.5. The lowest BCUT2D eigenvalue weighted by molar-refractivity contribution is 0.834. The van der Waals surface area contributed by atoms with E-state index in [1.54, 1.807) is 16.7 Å². The quantitative estimate of drug-likeness (QED) is 0.576. The largest absolute Gasteiger partial charge is 0.342 e. The van der Waals surface area contributed by atoms with Crippen molar-refractivity contribution in [2.75, 3.05) is 0 Å². The Morgan fingerprint density at radius 1 is 0.880 bits per heavy atom. The van der Waals surface area contributed by atoms with Crippen LogP contribution in [0.5, 0.6) is 0 Å². The molecule has 4 nitrogen and oxygen atoms in total. The van der Waals surface area contributed by atoms with Crippen LogP contribution in [0.4, 0.5) is 0 Å². The minimum Gasteiger partial charge on any atom is -0.342 e. The summed E-state index contributed by atoms with van der Waals surface area (Å²) >= 11 is 0. The van der Waals surface area contributed by atoms with Crippen LogP contribution in [0.2, 0.25) is 0 Å². The van der Waals surface area contributed by atoms with Crippen LogP contribution < -0.4 is 5.56 Å². The van der Waals surface area contributed by atoms with Crippen LogP contribution in [-0.4, -0.2) is 9.13 Å². The first-order chi connectivity index (χ1) is 12.3. The average molecular weight is 325 g/mol. The van der Waals surface area contributed by atoms with Gasteiger partial charge in [-0.25, -0.2) is 0 Å². The molecule has 0 atom stereocenters. The van der Waals surface area contributed by atoms with E-state index in [1.165, 1.54) is 0 Å². The van der Waals surface area contributed by atoms with Gasteiger partial charge in [0.1, 0.15) is 0 Å². The van der Waals surface area contributed by atoms with E-state index in [-0.39, 0.29) is 5.56 Å². The topological polar surface area (TPSA) is 50.7 Å². The van der Waals surface area contributed by atoms with Gasteiger partial charge in [0.05, 0.1) is 22.7 Å². The zero-order valence-electron chi connectivity index (χ0n) is 13.5. The van der Waals surface area contributed by atoms with Crippen LogP contribution >= 0.6 is 0 Å². The second-order valence-corrected chi connectivity index (χ2v) is 5.87. The van der Waals surface area contributed by atoms with E-state index in [4.69, 9.17) is 5.26 Å². The predicted molar refractivity (Wildman–Crippen MR) is 97.8 cm³/mol. The third kappa shape index (κ3) is 2.73. The van der Waals surface area contributed by atoms with Crippen LogP contribution in [0.3, 0.4) is 0 Å². The summed E-state index contributed by atoms with van der Waals surface area (Å²) in [7, 11) is 0. The number of hydrogen-bond acceptors (Lipinski definition) is 2. The number of pyridine rings is 1. The summed E-state index contributed by atoms with van der Waals surface area (Å²) in [6.07, 6.45) is 1.97. The first kappa shape index (κ1) is 15.0. The Morgan fingerprint density at radius 2 is 1.72 bits per heavy atom. The molecule has 0 saturated heterocycles. The van der Waals surface area contributed by atoms with Crippen LogP contribution in [-0.2, 0) is 6.54 Å². The molecule has 0 unspecified atom stereocenters. The van der Waals surface area contributed by atoms with Gasteiger partial charge in [-0.1, -0.05) is 30.3 Å². The first-order valence-corrected chi connectivity index (χ1v) is 8.01. The Bertz CT molecular complexity index is 1150. The van der Waals surface area contributed by atoms with Crippen molar-refractivity contribution >= 4 is 11.0 Å². The molecule has 0 radical (unpaired) electrons. The predicted octanol–water partition coefficient (Wildman–Crippen LogP) is 3.71. The molecule has 0 amide bonds. The van der Waals surface area contributed by atoms with Gasteiger partial charge in [0.15, 0.2) is 0 Å². The Labute approximate surface area is 144 Å². The number of benzene rings is 2. The number of nitriles is 1. The van der Waals surface area contributed by atoms with Gasteiger partial charge in [-0.3, -0.25) is 9.36 Å². The minimum atomic E-state index is -0.0528. The van der Waals surface area contributed by atoms with Gasteiger partial charge < -0.3 is 4.57 Å². The summed E-state index contributed by atoms with van der Waals surface area (Å²) in [5, 5.41) is 9.06. The lowest BCUT2D eigenvalue weighted by atomic mass is 10.1. The summed E-state index contributed by atoms with van der Waals surface area (Å²) in [5.74, 6) is 0. The third-order valence-corrected chi connectivity index (χ3v) is 4.25. The highest BCUT2D eigenvalue weighted by Crippen LogP contribution is 2.19. The molecular formula is C21H15N3O. The molecule has 25 heavy (non-hydrogen) atoms. The van der Waals surface area contributed by atoms with E-state index in [0.29, 0.717) is 12.1 Å². The number of hydrogen-bond donors (Lipinski definition) is 0. The summed E-state index contributed by atoms with van der Waals surface area (Å²) in [4.78, 5) is 12.4. The lowest BCUT2D eigenvalue weighted by Crippen LogP contribution is -2.17. The third-order valence-electron chi connectivity index (χ3n) is 4.25. The van der Waals surface area contributed by atoms with Crippen LogP contribution in [0.1, 0.15) is 11.1 Å². The maximum Gasteiger partial charge on any atom is 0.255 e. The monoisotopic (exact) mass is 325 g/mol. The van der Waals surface area contributed by atoms with E-state index < -0.39 is 0 Å². The number of nitrogens with zero attached hydrogens (tertiary/aromatic N) is 3. The van der Waals surface area contributed by atoms with Crippen molar-refractivity contribution in [3.05, 3.63) is 100 Å². The highest BCUT2D eigenvalue weighted by molar-refractivity contribution is 5.78. The van der Waals surface area contributed by atoms with Crippen molar-refractivity contribution in [3.63, 3.8) is 0 Å². The normalized spacial score (nSPS) is 10.7.